The smallest absolute Gasteiger partial charge is 0.321 e. The minimum Gasteiger partial charge on any atom is -0.459 e. The largest absolute Gasteiger partial charge is 0.459 e. The van der Waals surface area contributed by atoms with Crippen LogP contribution in [0.4, 0.5) is 0 Å². The van der Waals surface area contributed by atoms with Gasteiger partial charge in [-0.25, -0.2) is 0 Å². The van der Waals surface area contributed by atoms with E-state index in [1.54, 1.807) is 20.8 Å². The Morgan fingerprint density at radius 1 is 1.29 bits per heavy atom. The maximum atomic E-state index is 11.3. The molecule has 0 aliphatic carbocycles. The highest BCUT2D eigenvalue weighted by atomic mass is 35.6. The summed E-state index contributed by atoms with van der Waals surface area (Å²) in [5.74, 6) is -2.42. The van der Waals surface area contributed by atoms with Crippen LogP contribution in [0.25, 0.3) is 0 Å². The van der Waals surface area contributed by atoms with Crippen molar-refractivity contribution in [3.8, 4) is 0 Å². The molecule has 1 unspecified atom stereocenters. The molecule has 0 bridgehead atoms. The Bertz CT molecular complexity index is 227. The molecule has 1 atom stereocenters. The minimum absolute atomic E-state index is 0.734. The van der Waals surface area contributed by atoms with Gasteiger partial charge in [-0.3, -0.25) is 9.59 Å². The summed E-state index contributed by atoms with van der Waals surface area (Å²) in [6, 6.07) is 0. The van der Waals surface area contributed by atoms with Crippen LogP contribution in [0, 0.1) is 5.92 Å². The van der Waals surface area contributed by atoms with Gasteiger partial charge in [0.2, 0.25) is 10.1 Å². The third kappa shape index (κ3) is 5.03. The first-order valence-electron chi connectivity index (χ1n) is 3.75. The van der Waals surface area contributed by atoms with Crippen molar-refractivity contribution in [2.45, 2.75) is 30.2 Å². The molecule has 0 aromatic carbocycles. The summed E-state index contributed by atoms with van der Waals surface area (Å²) in [5, 5.41) is 0. The molecule has 0 amide bonds. The number of ether oxygens (including phenoxy) is 1. The quantitative estimate of drug-likeness (QED) is 0.435. The molecule has 0 N–H and O–H groups in total. The molecular formula is C8H10Cl3O3. The number of rotatable bonds is 2. The lowest BCUT2D eigenvalue weighted by atomic mass is 10.1. The number of carbonyl (C=O) groups is 1. The van der Waals surface area contributed by atoms with Crippen molar-refractivity contribution in [3.05, 3.63) is 0 Å². The Hall–Kier alpha value is 0.01000. The molecule has 0 heterocycles. The normalized spacial score (nSPS) is 14.7. The van der Waals surface area contributed by atoms with Crippen LogP contribution in [0.1, 0.15) is 20.8 Å². The molecule has 3 nitrogen and oxygen atoms in total. The van der Waals surface area contributed by atoms with Crippen molar-refractivity contribution in [1.82, 2.24) is 0 Å². The molecule has 0 spiro atoms. The fraction of sp³-hybridized carbons (Fsp3) is 0.750. The molecule has 0 aromatic heterocycles. The SMILES string of the molecule is CC(C)(C)OC(=O)C([C]=O)C(Cl)(Cl)Cl. The van der Waals surface area contributed by atoms with Crippen molar-refractivity contribution in [3.63, 3.8) is 0 Å². The molecule has 0 aromatic rings. The Balaban J connectivity index is 4.58. The maximum absolute atomic E-state index is 11.3. The highest BCUT2D eigenvalue weighted by molar-refractivity contribution is 6.69. The second-order valence-electron chi connectivity index (χ2n) is 3.63. The molecular weight excluding hydrogens is 250 g/mol. The van der Waals surface area contributed by atoms with Gasteiger partial charge in [-0.15, -0.1) is 0 Å². The zero-order valence-electron chi connectivity index (χ0n) is 7.94. The lowest BCUT2D eigenvalue weighted by Crippen LogP contribution is -2.35. The number of halogens is 3. The van der Waals surface area contributed by atoms with Gasteiger partial charge in [0.25, 0.3) is 0 Å². The lowest BCUT2D eigenvalue weighted by molar-refractivity contribution is -0.157. The second kappa shape index (κ2) is 4.69. The molecule has 0 fully saturated rings. The minimum atomic E-state index is -2.02. The predicted octanol–water partition coefficient (Wildman–Crippen LogP) is 2.42. The van der Waals surface area contributed by atoms with Gasteiger partial charge in [0.1, 0.15) is 5.60 Å². The predicted molar refractivity (Wildman–Crippen MR) is 55.3 cm³/mol. The van der Waals surface area contributed by atoms with Crippen molar-refractivity contribution in [1.29, 1.82) is 0 Å². The number of esters is 1. The lowest BCUT2D eigenvalue weighted by Gasteiger charge is -2.24. The van der Waals surface area contributed by atoms with Gasteiger partial charge >= 0.3 is 5.97 Å². The van der Waals surface area contributed by atoms with E-state index in [1.165, 1.54) is 6.29 Å². The Kier molecular flexibility index (Phi) is 4.69. The summed E-state index contributed by atoms with van der Waals surface area (Å²) in [4.78, 5) is 21.7. The first-order chi connectivity index (χ1) is 6.08. The summed E-state index contributed by atoms with van der Waals surface area (Å²) in [6.45, 7) is 4.93. The van der Waals surface area contributed by atoms with Crippen molar-refractivity contribution < 1.29 is 14.3 Å². The zero-order chi connectivity index (χ0) is 11.6. The average Bonchev–Trinajstić information content (AvgIpc) is 1.79. The van der Waals surface area contributed by atoms with Crippen LogP contribution in [0.3, 0.4) is 0 Å². The number of carbonyl (C=O) groups excluding carboxylic acids is 2. The van der Waals surface area contributed by atoms with Gasteiger partial charge in [0.15, 0.2) is 5.92 Å². The molecule has 14 heavy (non-hydrogen) atoms. The van der Waals surface area contributed by atoms with Gasteiger partial charge in [-0.2, -0.15) is 0 Å². The average molecular weight is 261 g/mol. The van der Waals surface area contributed by atoms with E-state index in [4.69, 9.17) is 39.5 Å². The second-order valence-corrected chi connectivity index (χ2v) is 5.99. The van der Waals surface area contributed by atoms with Gasteiger partial charge in [-0.1, -0.05) is 34.8 Å². The highest BCUT2D eigenvalue weighted by Gasteiger charge is 2.41. The van der Waals surface area contributed by atoms with Gasteiger partial charge in [-0.05, 0) is 20.8 Å². The Morgan fingerprint density at radius 3 is 1.93 bits per heavy atom. The maximum Gasteiger partial charge on any atom is 0.321 e. The molecule has 0 saturated heterocycles. The first-order valence-corrected chi connectivity index (χ1v) is 4.88. The Labute approximate surface area is 97.6 Å². The third-order valence-electron chi connectivity index (χ3n) is 1.09. The van der Waals surface area contributed by atoms with Crippen LogP contribution in [-0.2, 0) is 14.3 Å². The van der Waals surface area contributed by atoms with Crippen LogP contribution < -0.4 is 0 Å². The number of hydrogen-bond acceptors (Lipinski definition) is 3. The fourth-order valence-electron chi connectivity index (χ4n) is 0.609. The summed E-state index contributed by atoms with van der Waals surface area (Å²) >= 11 is 16.2. The van der Waals surface area contributed by atoms with Crippen molar-refractivity contribution in [2.75, 3.05) is 0 Å². The van der Waals surface area contributed by atoms with Gasteiger partial charge in [0.05, 0.1) is 0 Å². The van der Waals surface area contributed by atoms with Crippen molar-refractivity contribution in [2.24, 2.45) is 5.92 Å². The van der Waals surface area contributed by atoms with E-state index in [2.05, 4.69) is 0 Å². The van der Waals surface area contributed by atoms with E-state index >= 15 is 0 Å². The molecule has 0 aliphatic heterocycles. The summed E-state index contributed by atoms with van der Waals surface area (Å²) in [5.41, 5.74) is -0.734. The summed E-state index contributed by atoms with van der Waals surface area (Å²) < 4.78 is 2.84. The van der Waals surface area contributed by atoms with E-state index in [0.29, 0.717) is 0 Å². The standard InChI is InChI=1S/C8H10Cl3O3/c1-7(2,3)14-6(13)5(4-12)8(9,10)11/h5H,1-3H3. The molecule has 81 valence electrons. The van der Waals surface area contributed by atoms with Crippen LogP contribution >= 0.6 is 34.8 Å². The summed E-state index contributed by atoms with van der Waals surface area (Å²) in [6.07, 6.45) is 1.34. The molecule has 0 saturated carbocycles. The fourth-order valence-corrected chi connectivity index (χ4v) is 1.01. The van der Waals surface area contributed by atoms with Crippen LogP contribution in [0.2, 0.25) is 0 Å². The molecule has 0 rings (SSSR count). The van der Waals surface area contributed by atoms with E-state index in [9.17, 15) is 9.59 Å². The van der Waals surface area contributed by atoms with E-state index in [-0.39, 0.29) is 0 Å². The van der Waals surface area contributed by atoms with Crippen LogP contribution in [-0.4, -0.2) is 21.6 Å². The molecule has 1 radical (unpaired) electrons. The number of alkyl halides is 3. The van der Waals surface area contributed by atoms with Gasteiger partial charge < -0.3 is 4.74 Å². The van der Waals surface area contributed by atoms with E-state index in [0.717, 1.165) is 0 Å². The van der Waals surface area contributed by atoms with Gasteiger partial charge in [0, 0.05) is 0 Å². The van der Waals surface area contributed by atoms with Crippen molar-refractivity contribution >= 4 is 47.1 Å². The van der Waals surface area contributed by atoms with Crippen LogP contribution in [0.5, 0.6) is 0 Å². The highest BCUT2D eigenvalue weighted by Crippen LogP contribution is 2.35. The third-order valence-corrected chi connectivity index (χ3v) is 1.74. The Morgan fingerprint density at radius 2 is 1.71 bits per heavy atom. The number of hydrogen-bond donors (Lipinski definition) is 0. The zero-order valence-corrected chi connectivity index (χ0v) is 10.2. The van der Waals surface area contributed by atoms with E-state index < -0.39 is 21.3 Å². The topological polar surface area (TPSA) is 43.4 Å². The molecule has 0 aliphatic rings. The van der Waals surface area contributed by atoms with Crippen LogP contribution in [0.15, 0.2) is 0 Å². The molecule has 6 heteroatoms. The van der Waals surface area contributed by atoms with E-state index in [1.807, 2.05) is 0 Å². The monoisotopic (exact) mass is 259 g/mol. The summed E-state index contributed by atoms with van der Waals surface area (Å²) in [7, 11) is 0. The first kappa shape index (κ1) is 14.0.